The Morgan fingerprint density at radius 2 is 1.94 bits per heavy atom. The van der Waals surface area contributed by atoms with E-state index < -0.39 is 10.0 Å². The van der Waals surface area contributed by atoms with Gasteiger partial charge in [0.25, 0.3) is 10.0 Å². The first-order valence-electron chi connectivity index (χ1n) is 10.8. The van der Waals surface area contributed by atoms with Crippen LogP contribution in [0.5, 0.6) is 0 Å². The average Bonchev–Trinajstić information content (AvgIpc) is 3.58. The van der Waals surface area contributed by atoms with Crippen LogP contribution in [-0.4, -0.2) is 46.2 Å². The van der Waals surface area contributed by atoms with E-state index in [4.69, 9.17) is 4.74 Å². The number of pyridine rings is 1. The van der Waals surface area contributed by atoms with Crippen molar-refractivity contribution in [2.24, 2.45) is 5.92 Å². The molecule has 1 aliphatic heterocycles. The van der Waals surface area contributed by atoms with Crippen LogP contribution < -0.4 is 9.21 Å². The van der Waals surface area contributed by atoms with Crippen molar-refractivity contribution >= 4 is 42.3 Å². The van der Waals surface area contributed by atoms with E-state index >= 15 is 0 Å². The molecule has 2 fully saturated rings. The number of hydrogen-bond acceptors (Lipinski definition) is 6. The summed E-state index contributed by atoms with van der Waals surface area (Å²) in [6.07, 6.45) is 4.81. The lowest BCUT2D eigenvalue weighted by molar-refractivity contribution is 0.122. The zero-order valence-electron chi connectivity index (χ0n) is 17.7. The fourth-order valence-corrected chi connectivity index (χ4v) is 7.00. The second-order valence-electron chi connectivity index (χ2n) is 8.29. The molecular formula is C23H27N3O3S2. The van der Waals surface area contributed by atoms with Crippen molar-refractivity contribution in [2.75, 3.05) is 42.1 Å². The molecule has 1 aromatic carbocycles. The molecule has 1 saturated carbocycles. The second-order valence-corrected chi connectivity index (χ2v) is 11.2. The predicted octanol–water partition coefficient (Wildman–Crippen LogP) is 4.44. The van der Waals surface area contributed by atoms with Crippen LogP contribution in [0.2, 0.25) is 0 Å². The van der Waals surface area contributed by atoms with Crippen LogP contribution in [0.15, 0.2) is 47.5 Å². The van der Waals surface area contributed by atoms with Gasteiger partial charge in [0.05, 0.1) is 13.2 Å². The lowest BCUT2D eigenvalue weighted by Crippen LogP contribution is -2.37. The first-order valence-corrected chi connectivity index (χ1v) is 13.1. The third-order valence-electron chi connectivity index (χ3n) is 6.13. The van der Waals surface area contributed by atoms with Crippen LogP contribution in [0.1, 0.15) is 24.8 Å². The Balaban J connectivity index is 1.49. The van der Waals surface area contributed by atoms with Crippen molar-refractivity contribution in [1.29, 1.82) is 0 Å². The number of anilines is 2. The van der Waals surface area contributed by atoms with E-state index in [2.05, 4.69) is 22.0 Å². The number of sulfonamides is 1. The summed E-state index contributed by atoms with van der Waals surface area (Å²) < 4.78 is 35.6. The molecule has 8 heteroatoms. The summed E-state index contributed by atoms with van der Waals surface area (Å²) in [5.41, 5.74) is 1.03. The standard InChI is InChI=1S/C23H27N3O3S2/c1-17-20-4-2-3-5-21(20)30-23(17)26(11-10-18-6-7-18)31(27,28)19-8-9-22(24-16-19)25-12-14-29-15-13-25/h2-5,8-9,16,18H,6-7,10-15H2,1H3. The lowest BCUT2D eigenvalue weighted by atomic mass is 10.2. The molecular weight excluding hydrogens is 430 g/mol. The number of morpholine rings is 1. The van der Waals surface area contributed by atoms with Gasteiger partial charge in [-0.05, 0) is 48.4 Å². The summed E-state index contributed by atoms with van der Waals surface area (Å²) in [7, 11) is -3.70. The van der Waals surface area contributed by atoms with Crippen LogP contribution in [-0.2, 0) is 14.8 Å². The van der Waals surface area contributed by atoms with Gasteiger partial charge in [-0.3, -0.25) is 4.31 Å². The van der Waals surface area contributed by atoms with Crippen LogP contribution in [0.3, 0.4) is 0 Å². The highest BCUT2D eigenvalue weighted by Gasteiger charge is 2.31. The monoisotopic (exact) mass is 457 g/mol. The Bertz CT molecular complexity index is 1160. The molecule has 5 rings (SSSR count). The highest BCUT2D eigenvalue weighted by molar-refractivity contribution is 7.93. The van der Waals surface area contributed by atoms with E-state index in [0.29, 0.717) is 25.7 Å². The van der Waals surface area contributed by atoms with Gasteiger partial charge in [0, 0.05) is 30.5 Å². The highest BCUT2D eigenvalue weighted by Crippen LogP contribution is 2.41. The molecule has 0 N–H and O–H groups in total. The van der Waals surface area contributed by atoms with Crippen molar-refractivity contribution in [1.82, 2.24) is 4.98 Å². The molecule has 0 unspecified atom stereocenters. The molecule has 2 aromatic heterocycles. The first-order chi connectivity index (χ1) is 15.0. The maximum atomic E-state index is 13.7. The molecule has 0 radical (unpaired) electrons. The topological polar surface area (TPSA) is 62.7 Å². The van der Waals surface area contributed by atoms with Crippen LogP contribution in [0.4, 0.5) is 10.8 Å². The summed E-state index contributed by atoms with van der Waals surface area (Å²) in [6, 6.07) is 11.6. The summed E-state index contributed by atoms with van der Waals surface area (Å²) >= 11 is 1.56. The van der Waals surface area contributed by atoms with E-state index in [1.165, 1.54) is 19.0 Å². The number of rotatable bonds is 7. The zero-order chi connectivity index (χ0) is 21.4. The Kier molecular flexibility index (Phi) is 5.62. The molecule has 31 heavy (non-hydrogen) atoms. The smallest absolute Gasteiger partial charge is 0.266 e. The normalized spacial score (nSPS) is 17.3. The van der Waals surface area contributed by atoms with Gasteiger partial charge in [0.15, 0.2) is 0 Å². The van der Waals surface area contributed by atoms with Gasteiger partial charge >= 0.3 is 0 Å². The number of thiophene rings is 1. The number of aryl methyl sites for hydroxylation is 1. The highest BCUT2D eigenvalue weighted by atomic mass is 32.2. The summed E-state index contributed by atoms with van der Waals surface area (Å²) in [4.78, 5) is 6.86. The Hall–Kier alpha value is -2.16. The average molecular weight is 458 g/mol. The van der Waals surface area contributed by atoms with Crippen molar-refractivity contribution in [3.8, 4) is 0 Å². The third kappa shape index (κ3) is 4.16. The van der Waals surface area contributed by atoms with Crippen LogP contribution in [0, 0.1) is 12.8 Å². The molecule has 0 bridgehead atoms. The lowest BCUT2D eigenvalue weighted by Gasteiger charge is -2.28. The maximum Gasteiger partial charge on any atom is 0.266 e. The third-order valence-corrected chi connectivity index (χ3v) is 9.32. The molecule has 2 aliphatic rings. The minimum Gasteiger partial charge on any atom is -0.378 e. The number of aromatic nitrogens is 1. The van der Waals surface area contributed by atoms with Crippen molar-refractivity contribution in [3.63, 3.8) is 0 Å². The Morgan fingerprint density at radius 3 is 2.61 bits per heavy atom. The largest absolute Gasteiger partial charge is 0.378 e. The van der Waals surface area contributed by atoms with Gasteiger partial charge in [-0.15, -0.1) is 11.3 Å². The molecule has 3 aromatic rings. The van der Waals surface area contributed by atoms with E-state index in [9.17, 15) is 8.42 Å². The Labute approximate surface area is 187 Å². The van der Waals surface area contributed by atoms with Gasteiger partial charge in [-0.2, -0.15) is 0 Å². The molecule has 6 nitrogen and oxygen atoms in total. The van der Waals surface area contributed by atoms with E-state index in [1.54, 1.807) is 21.7 Å². The fourth-order valence-electron chi connectivity index (χ4n) is 4.07. The Morgan fingerprint density at radius 1 is 1.16 bits per heavy atom. The minimum absolute atomic E-state index is 0.247. The molecule has 0 atom stereocenters. The van der Waals surface area contributed by atoms with E-state index in [1.807, 2.05) is 25.1 Å². The number of hydrogen-bond donors (Lipinski definition) is 0. The fraction of sp³-hybridized carbons (Fsp3) is 0.435. The quantitative estimate of drug-likeness (QED) is 0.525. The number of fused-ring (bicyclic) bond motifs is 1. The van der Waals surface area contributed by atoms with Crippen molar-refractivity contribution in [3.05, 3.63) is 48.2 Å². The molecule has 1 saturated heterocycles. The minimum atomic E-state index is -3.70. The molecule has 164 valence electrons. The van der Waals surface area contributed by atoms with Gasteiger partial charge in [0.2, 0.25) is 0 Å². The second kappa shape index (κ2) is 8.41. The van der Waals surface area contributed by atoms with Gasteiger partial charge in [-0.25, -0.2) is 13.4 Å². The van der Waals surface area contributed by atoms with Crippen LogP contribution >= 0.6 is 11.3 Å². The molecule has 0 spiro atoms. The van der Waals surface area contributed by atoms with Gasteiger partial charge in [0.1, 0.15) is 15.7 Å². The van der Waals surface area contributed by atoms with E-state index in [-0.39, 0.29) is 4.90 Å². The molecule has 1 aliphatic carbocycles. The maximum absolute atomic E-state index is 13.7. The number of ether oxygens (including phenoxy) is 1. The summed E-state index contributed by atoms with van der Waals surface area (Å²) in [5.74, 6) is 1.44. The molecule has 3 heterocycles. The SMILES string of the molecule is Cc1c(N(CCC2CC2)S(=O)(=O)c2ccc(N3CCOCC3)nc2)sc2ccccc12. The first kappa shape index (κ1) is 20.7. The van der Waals surface area contributed by atoms with Crippen molar-refractivity contribution < 1.29 is 13.2 Å². The van der Waals surface area contributed by atoms with Gasteiger partial charge < -0.3 is 9.64 Å². The summed E-state index contributed by atoms with van der Waals surface area (Å²) in [6.45, 7) is 5.41. The summed E-state index contributed by atoms with van der Waals surface area (Å²) in [5, 5.41) is 1.94. The number of nitrogens with zero attached hydrogens (tertiary/aromatic N) is 3. The molecule has 0 amide bonds. The van der Waals surface area contributed by atoms with Crippen molar-refractivity contribution in [2.45, 2.75) is 31.1 Å². The van der Waals surface area contributed by atoms with Gasteiger partial charge in [-0.1, -0.05) is 31.0 Å². The van der Waals surface area contributed by atoms with E-state index in [0.717, 1.165) is 46.0 Å². The van der Waals surface area contributed by atoms with Crippen LogP contribution in [0.25, 0.3) is 10.1 Å². The number of benzene rings is 1. The predicted molar refractivity (Wildman–Crippen MR) is 126 cm³/mol. The zero-order valence-corrected chi connectivity index (χ0v) is 19.3.